The third kappa shape index (κ3) is 4.13. The highest BCUT2D eigenvalue weighted by Crippen LogP contribution is 2.12. The number of hydrogen-bond acceptors (Lipinski definition) is 2. The number of hydrogen-bond donors (Lipinski definition) is 1. The van der Waals surface area contributed by atoms with Crippen molar-refractivity contribution in [1.29, 1.82) is 0 Å². The Morgan fingerprint density at radius 2 is 1.90 bits per heavy atom. The Balaban J connectivity index is 2.08. The molecule has 0 saturated heterocycles. The summed E-state index contributed by atoms with van der Waals surface area (Å²) in [6.45, 7) is 2.81. The number of benzene rings is 1. The number of likely N-dealkylation sites (N-methyl/N-ethyl adjacent to an activating group) is 1. The molecule has 0 saturated carbocycles. The number of aromatic nitrogens is 2. The minimum Gasteiger partial charge on any atom is -0.314 e. The first-order valence-electron chi connectivity index (χ1n) is 6.73. The fourth-order valence-corrected chi connectivity index (χ4v) is 2.34. The quantitative estimate of drug-likeness (QED) is 0.880. The fraction of sp³-hybridized carbons (Fsp3) is 0.400. The number of halogens is 2. The summed E-state index contributed by atoms with van der Waals surface area (Å²) < 4.78 is 28.2. The summed E-state index contributed by atoms with van der Waals surface area (Å²) in [4.78, 5) is 0. The molecule has 0 aliphatic rings. The molecule has 108 valence electrons. The summed E-state index contributed by atoms with van der Waals surface area (Å²) in [5, 5.41) is 7.67. The van der Waals surface area contributed by atoms with Gasteiger partial charge in [0.2, 0.25) is 0 Å². The third-order valence-electron chi connectivity index (χ3n) is 3.12. The minimum absolute atomic E-state index is 0.107. The second-order valence-corrected chi connectivity index (χ2v) is 4.92. The van der Waals surface area contributed by atoms with Gasteiger partial charge in [-0.1, -0.05) is 6.92 Å². The Kier molecular flexibility index (Phi) is 4.84. The Morgan fingerprint density at radius 1 is 1.20 bits per heavy atom. The van der Waals surface area contributed by atoms with E-state index in [4.69, 9.17) is 0 Å². The van der Waals surface area contributed by atoms with Gasteiger partial charge >= 0.3 is 0 Å². The first kappa shape index (κ1) is 14.7. The molecule has 3 nitrogen and oxygen atoms in total. The van der Waals surface area contributed by atoms with Crippen molar-refractivity contribution in [1.82, 2.24) is 15.1 Å². The van der Waals surface area contributed by atoms with Crippen LogP contribution in [-0.2, 0) is 19.9 Å². The van der Waals surface area contributed by atoms with Gasteiger partial charge in [-0.05, 0) is 36.7 Å². The fourth-order valence-electron chi connectivity index (χ4n) is 2.34. The molecule has 1 unspecified atom stereocenters. The molecule has 5 heteroatoms. The lowest BCUT2D eigenvalue weighted by Crippen LogP contribution is -2.33. The van der Waals surface area contributed by atoms with E-state index in [0.717, 1.165) is 24.7 Å². The van der Waals surface area contributed by atoms with E-state index in [9.17, 15) is 8.78 Å². The van der Waals surface area contributed by atoms with Gasteiger partial charge in [0.1, 0.15) is 11.6 Å². The molecule has 1 atom stereocenters. The molecule has 0 aliphatic carbocycles. The molecule has 2 rings (SSSR count). The summed E-state index contributed by atoms with van der Waals surface area (Å²) in [5.41, 5.74) is 1.62. The van der Waals surface area contributed by atoms with Crippen LogP contribution in [0.2, 0.25) is 0 Å². The van der Waals surface area contributed by atoms with Crippen LogP contribution in [0.4, 0.5) is 8.78 Å². The highest BCUT2D eigenvalue weighted by Gasteiger charge is 2.12. The number of nitrogens with zero attached hydrogens (tertiary/aromatic N) is 2. The van der Waals surface area contributed by atoms with Gasteiger partial charge < -0.3 is 5.32 Å². The molecule has 0 radical (unpaired) electrons. The average Bonchev–Trinajstić information content (AvgIpc) is 2.73. The molecule has 20 heavy (non-hydrogen) atoms. The number of nitrogens with one attached hydrogen (secondary N) is 1. The molecule has 2 aromatic rings. The zero-order chi connectivity index (χ0) is 14.5. The van der Waals surface area contributed by atoms with Crippen LogP contribution < -0.4 is 5.32 Å². The van der Waals surface area contributed by atoms with Crippen molar-refractivity contribution in [3.63, 3.8) is 0 Å². The van der Waals surface area contributed by atoms with Crippen molar-refractivity contribution in [2.24, 2.45) is 7.05 Å². The zero-order valence-electron chi connectivity index (χ0n) is 11.7. The lowest BCUT2D eigenvalue weighted by Gasteiger charge is -2.17. The minimum atomic E-state index is -0.534. The maximum Gasteiger partial charge on any atom is 0.126 e. The Labute approximate surface area is 117 Å². The predicted molar refractivity (Wildman–Crippen MR) is 74.4 cm³/mol. The van der Waals surface area contributed by atoms with E-state index < -0.39 is 11.6 Å². The summed E-state index contributed by atoms with van der Waals surface area (Å²) >= 11 is 0. The first-order valence-corrected chi connectivity index (χ1v) is 6.73. The van der Waals surface area contributed by atoms with E-state index in [1.165, 1.54) is 12.1 Å². The molecule has 1 N–H and O–H groups in total. The maximum atomic E-state index is 13.2. The summed E-state index contributed by atoms with van der Waals surface area (Å²) in [6, 6.07) is 5.72. The lowest BCUT2D eigenvalue weighted by molar-refractivity contribution is 0.508. The Morgan fingerprint density at radius 3 is 2.45 bits per heavy atom. The van der Waals surface area contributed by atoms with Crippen molar-refractivity contribution in [2.75, 3.05) is 6.54 Å². The van der Waals surface area contributed by atoms with E-state index in [0.29, 0.717) is 12.0 Å². The van der Waals surface area contributed by atoms with Crippen LogP contribution in [0.3, 0.4) is 0 Å². The summed E-state index contributed by atoms with van der Waals surface area (Å²) in [6.07, 6.45) is 3.19. The molecule has 0 aliphatic heterocycles. The highest BCUT2D eigenvalue weighted by atomic mass is 19.1. The van der Waals surface area contributed by atoms with Crippen molar-refractivity contribution in [2.45, 2.75) is 25.8 Å². The van der Waals surface area contributed by atoms with Gasteiger partial charge in [0, 0.05) is 31.8 Å². The van der Waals surface area contributed by atoms with Gasteiger partial charge in [0.25, 0.3) is 0 Å². The SMILES string of the molecule is CCNC(Cc1cc(F)cc(F)c1)Cc1ccn(C)n1. The van der Waals surface area contributed by atoms with E-state index in [1.54, 1.807) is 4.68 Å². The van der Waals surface area contributed by atoms with Gasteiger partial charge in [-0.2, -0.15) is 5.10 Å². The van der Waals surface area contributed by atoms with Gasteiger partial charge in [0.05, 0.1) is 5.69 Å². The van der Waals surface area contributed by atoms with E-state index in [2.05, 4.69) is 10.4 Å². The Hall–Kier alpha value is -1.75. The topological polar surface area (TPSA) is 29.9 Å². The van der Waals surface area contributed by atoms with Crippen LogP contribution in [0.15, 0.2) is 30.5 Å². The molecule has 0 fully saturated rings. The van der Waals surface area contributed by atoms with Gasteiger partial charge in [-0.15, -0.1) is 0 Å². The largest absolute Gasteiger partial charge is 0.314 e. The standard InChI is InChI=1S/C15H19F2N3/c1-3-18-15(10-14-4-5-20(2)19-14)8-11-6-12(16)9-13(17)7-11/h4-7,9,15,18H,3,8,10H2,1-2H3. The van der Waals surface area contributed by atoms with Crippen LogP contribution in [0.1, 0.15) is 18.2 Å². The number of rotatable bonds is 6. The normalized spacial score (nSPS) is 12.6. The zero-order valence-corrected chi connectivity index (χ0v) is 11.7. The average molecular weight is 279 g/mol. The van der Waals surface area contributed by atoms with Gasteiger partial charge in [-0.3, -0.25) is 4.68 Å². The maximum absolute atomic E-state index is 13.2. The van der Waals surface area contributed by atoms with Crippen LogP contribution >= 0.6 is 0 Å². The molecular formula is C15H19F2N3. The molecule has 0 spiro atoms. The number of aryl methyl sites for hydroxylation is 1. The van der Waals surface area contributed by atoms with Crippen molar-refractivity contribution in [3.8, 4) is 0 Å². The Bertz CT molecular complexity index is 546. The van der Waals surface area contributed by atoms with Crippen LogP contribution in [0, 0.1) is 11.6 Å². The van der Waals surface area contributed by atoms with Crippen LogP contribution in [0.25, 0.3) is 0 Å². The van der Waals surface area contributed by atoms with Crippen LogP contribution in [-0.4, -0.2) is 22.4 Å². The lowest BCUT2D eigenvalue weighted by atomic mass is 10.0. The highest BCUT2D eigenvalue weighted by molar-refractivity contribution is 5.19. The summed E-state index contributed by atoms with van der Waals surface area (Å²) in [7, 11) is 1.87. The second kappa shape index (κ2) is 6.61. The molecular weight excluding hydrogens is 260 g/mol. The van der Waals surface area contributed by atoms with E-state index in [-0.39, 0.29) is 6.04 Å². The van der Waals surface area contributed by atoms with Crippen molar-refractivity contribution >= 4 is 0 Å². The summed E-state index contributed by atoms with van der Waals surface area (Å²) in [5.74, 6) is -1.07. The first-order chi connectivity index (χ1) is 9.56. The van der Waals surface area contributed by atoms with Crippen LogP contribution in [0.5, 0.6) is 0 Å². The van der Waals surface area contributed by atoms with Crippen molar-refractivity contribution < 1.29 is 8.78 Å². The van der Waals surface area contributed by atoms with E-state index in [1.807, 2.05) is 26.2 Å². The molecule has 0 amide bonds. The molecule has 1 heterocycles. The predicted octanol–water partition coefficient (Wildman–Crippen LogP) is 2.46. The van der Waals surface area contributed by atoms with E-state index >= 15 is 0 Å². The molecule has 0 bridgehead atoms. The third-order valence-corrected chi connectivity index (χ3v) is 3.12. The van der Waals surface area contributed by atoms with Gasteiger partial charge in [0.15, 0.2) is 0 Å². The second-order valence-electron chi connectivity index (χ2n) is 4.92. The smallest absolute Gasteiger partial charge is 0.126 e. The van der Waals surface area contributed by atoms with Gasteiger partial charge in [-0.25, -0.2) is 8.78 Å². The monoisotopic (exact) mass is 279 g/mol. The van der Waals surface area contributed by atoms with Crippen molar-refractivity contribution in [3.05, 3.63) is 53.4 Å². The molecule has 1 aromatic heterocycles. The molecule has 1 aromatic carbocycles.